The second-order valence-corrected chi connectivity index (χ2v) is 5.79. The fraction of sp³-hybridized carbons (Fsp3) is 0.182. The van der Waals surface area contributed by atoms with Crippen LogP contribution in [0.4, 0.5) is 5.69 Å². The number of carboxylic acid groups (broad SMARTS) is 1. The summed E-state index contributed by atoms with van der Waals surface area (Å²) in [5, 5.41) is 12.4. The summed E-state index contributed by atoms with van der Waals surface area (Å²) < 4.78 is 27.1. The predicted octanol–water partition coefficient (Wildman–Crippen LogP) is 0.484. The zero-order chi connectivity index (χ0) is 14.6. The zero-order valence-corrected chi connectivity index (χ0v) is 11.1. The maximum Gasteiger partial charge on any atom is 0.304 e. The molecule has 0 bridgehead atoms. The molecule has 2 N–H and O–H groups in total. The highest BCUT2D eigenvalue weighted by Gasteiger charge is 2.12. The van der Waals surface area contributed by atoms with Crippen LogP contribution >= 0.6 is 0 Å². The van der Waals surface area contributed by atoms with Gasteiger partial charge >= 0.3 is 5.97 Å². The molecule has 0 saturated carbocycles. The Morgan fingerprint density at radius 2 is 2.00 bits per heavy atom. The number of benzene rings is 1. The highest BCUT2D eigenvalue weighted by molar-refractivity contribution is 7.92. The first kappa shape index (κ1) is 14.0. The predicted molar refractivity (Wildman–Crippen MR) is 71.0 cm³/mol. The van der Waals surface area contributed by atoms with Gasteiger partial charge in [-0.2, -0.15) is 5.10 Å². The zero-order valence-electron chi connectivity index (χ0n) is 10.3. The minimum Gasteiger partial charge on any atom is -0.481 e. The highest BCUT2D eigenvalue weighted by atomic mass is 32.2. The lowest BCUT2D eigenvalue weighted by Gasteiger charge is -2.07. The first-order valence-corrected chi connectivity index (χ1v) is 7.29. The van der Waals surface area contributed by atoms with Gasteiger partial charge in [0, 0.05) is 5.69 Å². The molecule has 9 heteroatoms. The van der Waals surface area contributed by atoms with Crippen molar-refractivity contribution in [1.29, 1.82) is 0 Å². The molecule has 8 nitrogen and oxygen atoms in total. The van der Waals surface area contributed by atoms with Crippen LogP contribution in [0.1, 0.15) is 6.42 Å². The second-order valence-electron chi connectivity index (χ2n) is 3.95. The second kappa shape index (κ2) is 5.70. The van der Waals surface area contributed by atoms with Crippen molar-refractivity contribution < 1.29 is 18.3 Å². The van der Waals surface area contributed by atoms with Crippen LogP contribution in [0.5, 0.6) is 0 Å². The molecule has 0 fully saturated rings. The molecule has 0 aliphatic carbocycles. The molecule has 106 valence electrons. The van der Waals surface area contributed by atoms with Gasteiger partial charge in [0.2, 0.25) is 10.0 Å². The van der Waals surface area contributed by atoms with Crippen molar-refractivity contribution in [1.82, 2.24) is 14.8 Å². The van der Waals surface area contributed by atoms with Gasteiger partial charge in [0.15, 0.2) is 0 Å². The molecular weight excluding hydrogens is 284 g/mol. The Bertz CT molecular complexity index is 680. The number of nitrogens with zero attached hydrogens (tertiary/aromatic N) is 3. The smallest absolute Gasteiger partial charge is 0.304 e. The van der Waals surface area contributed by atoms with Crippen LogP contribution in [0.25, 0.3) is 5.69 Å². The van der Waals surface area contributed by atoms with E-state index in [9.17, 15) is 13.2 Å². The quantitative estimate of drug-likeness (QED) is 0.801. The number of aliphatic carboxylic acids is 1. The number of carboxylic acids is 1. The molecule has 0 aliphatic heterocycles. The Morgan fingerprint density at radius 1 is 1.30 bits per heavy atom. The molecule has 0 radical (unpaired) electrons. The maximum absolute atomic E-state index is 11.6. The maximum atomic E-state index is 11.6. The van der Waals surface area contributed by atoms with E-state index in [1.807, 2.05) is 0 Å². The van der Waals surface area contributed by atoms with Gasteiger partial charge in [0.25, 0.3) is 0 Å². The van der Waals surface area contributed by atoms with Crippen molar-refractivity contribution in [3.8, 4) is 5.69 Å². The fourth-order valence-corrected chi connectivity index (χ4v) is 2.52. The summed E-state index contributed by atoms with van der Waals surface area (Å²) in [6.07, 6.45) is 2.47. The summed E-state index contributed by atoms with van der Waals surface area (Å²) in [7, 11) is -3.66. The third kappa shape index (κ3) is 3.79. The topological polar surface area (TPSA) is 114 Å². The number of carbonyl (C=O) groups is 1. The van der Waals surface area contributed by atoms with Gasteiger partial charge in [-0.3, -0.25) is 9.52 Å². The van der Waals surface area contributed by atoms with Crippen molar-refractivity contribution in [2.75, 3.05) is 10.5 Å². The SMILES string of the molecule is O=C(O)CCS(=O)(=O)Nc1ccc(-n2cncn2)cc1. The summed E-state index contributed by atoms with van der Waals surface area (Å²) in [5.41, 5.74) is 1.09. The minimum absolute atomic E-state index is 0.360. The third-order valence-corrected chi connectivity index (χ3v) is 3.70. The van der Waals surface area contributed by atoms with E-state index in [1.165, 1.54) is 17.3 Å². The number of sulfonamides is 1. The normalized spacial score (nSPS) is 11.2. The molecule has 1 aromatic heterocycles. The average Bonchev–Trinajstić information content (AvgIpc) is 2.91. The number of anilines is 1. The van der Waals surface area contributed by atoms with Gasteiger partial charge in [-0.05, 0) is 24.3 Å². The van der Waals surface area contributed by atoms with Gasteiger partial charge < -0.3 is 5.11 Å². The molecule has 0 aliphatic rings. The molecule has 1 aromatic carbocycles. The monoisotopic (exact) mass is 296 g/mol. The van der Waals surface area contributed by atoms with Crippen LogP contribution in [0, 0.1) is 0 Å². The number of hydrogen-bond donors (Lipinski definition) is 2. The van der Waals surface area contributed by atoms with E-state index in [-0.39, 0.29) is 0 Å². The van der Waals surface area contributed by atoms with Crippen LogP contribution in [0.2, 0.25) is 0 Å². The number of nitrogens with one attached hydrogen (secondary N) is 1. The van der Waals surface area contributed by atoms with Crippen LogP contribution in [-0.2, 0) is 14.8 Å². The summed E-state index contributed by atoms with van der Waals surface area (Å²) in [6.45, 7) is 0. The van der Waals surface area contributed by atoms with Crippen LogP contribution < -0.4 is 4.72 Å². The van der Waals surface area contributed by atoms with E-state index in [1.54, 1.807) is 24.3 Å². The highest BCUT2D eigenvalue weighted by Crippen LogP contribution is 2.13. The molecule has 0 amide bonds. The van der Waals surface area contributed by atoms with Crippen molar-refractivity contribution in [3.05, 3.63) is 36.9 Å². The van der Waals surface area contributed by atoms with E-state index in [0.29, 0.717) is 5.69 Å². The van der Waals surface area contributed by atoms with Crippen molar-refractivity contribution in [2.45, 2.75) is 6.42 Å². The van der Waals surface area contributed by atoms with E-state index >= 15 is 0 Å². The van der Waals surface area contributed by atoms with Crippen molar-refractivity contribution in [3.63, 3.8) is 0 Å². The number of rotatable bonds is 6. The lowest BCUT2D eigenvalue weighted by Crippen LogP contribution is -2.18. The Kier molecular flexibility index (Phi) is 3.99. The Balaban J connectivity index is 2.05. The van der Waals surface area contributed by atoms with Gasteiger partial charge in [-0.1, -0.05) is 0 Å². The first-order valence-electron chi connectivity index (χ1n) is 5.64. The van der Waals surface area contributed by atoms with Gasteiger partial charge in [0.05, 0.1) is 17.9 Å². The van der Waals surface area contributed by atoms with Crippen molar-refractivity contribution in [2.24, 2.45) is 0 Å². The summed E-state index contributed by atoms with van der Waals surface area (Å²) in [5.74, 6) is -1.62. The molecule has 1 heterocycles. The van der Waals surface area contributed by atoms with E-state index in [0.717, 1.165) is 5.69 Å². The lowest BCUT2D eigenvalue weighted by atomic mass is 10.3. The van der Waals surface area contributed by atoms with Gasteiger partial charge in [0.1, 0.15) is 12.7 Å². The summed E-state index contributed by atoms with van der Waals surface area (Å²) >= 11 is 0. The molecule has 0 spiro atoms. The fourth-order valence-electron chi connectivity index (χ4n) is 1.48. The molecule has 2 aromatic rings. The van der Waals surface area contributed by atoms with Gasteiger partial charge in [-0.15, -0.1) is 0 Å². The third-order valence-electron chi connectivity index (χ3n) is 2.41. The molecular formula is C11H12N4O4S. The molecule has 2 rings (SSSR count). The van der Waals surface area contributed by atoms with Crippen LogP contribution in [0.15, 0.2) is 36.9 Å². The van der Waals surface area contributed by atoms with Crippen LogP contribution in [-0.4, -0.2) is 40.0 Å². The molecule has 0 atom stereocenters. The standard InChI is InChI=1S/C11H12N4O4S/c16-11(17)5-6-20(18,19)14-9-1-3-10(4-2-9)15-8-12-7-13-15/h1-4,7-8,14H,5-6H2,(H,16,17). The lowest BCUT2D eigenvalue weighted by molar-refractivity contribution is -0.136. The average molecular weight is 296 g/mol. The Labute approximate surface area is 115 Å². The number of aromatic nitrogens is 3. The minimum atomic E-state index is -3.66. The Morgan fingerprint density at radius 3 is 2.55 bits per heavy atom. The van der Waals surface area contributed by atoms with E-state index in [2.05, 4.69) is 14.8 Å². The molecule has 0 unspecified atom stereocenters. The number of hydrogen-bond acceptors (Lipinski definition) is 5. The van der Waals surface area contributed by atoms with E-state index in [4.69, 9.17) is 5.11 Å². The van der Waals surface area contributed by atoms with Crippen LogP contribution in [0.3, 0.4) is 0 Å². The van der Waals surface area contributed by atoms with E-state index < -0.39 is 28.2 Å². The first-order chi connectivity index (χ1) is 9.46. The Hall–Kier alpha value is -2.42. The molecule has 0 saturated heterocycles. The van der Waals surface area contributed by atoms with Gasteiger partial charge in [-0.25, -0.2) is 18.1 Å². The summed E-state index contributed by atoms with van der Waals surface area (Å²) in [6, 6.07) is 6.47. The summed E-state index contributed by atoms with van der Waals surface area (Å²) in [4.78, 5) is 14.2. The molecule has 20 heavy (non-hydrogen) atoms. The van der Waals surface area contributed by atoms with Crippen molar-refractivity contribution >= 4 is 21.7 Å². The largest absolute Gasteiger partial charge is 0.481 e.